The summed E-state index contributed by atoms with van der Waals surface area (Å²) >= 11 is 0. The van der Waals surface area contributed by atoms with E-state index in [0.29, 0.717) is 6.04 Å². The second kappa shape index (κ2) is 5.00. The van der Waals surface area contributed by atoms with Crippen LogP contribution < -0.4 is 5.32 Å². The van der Waals surface area contributed by atoms with Crippen molar-refractivity contribution in [3.05, 3.63) is 11.9 Å². The summed E-state index contributed by atoms with van der Waals surface area (Å²) in [4.78, 5) is 4.37. The summed E-state index contributed by atoms with van der Waals surface area (Å²) in [6, 6.07) is 0.415. The largest absolute Gasteiger partial charge is 0.385 e. The van der Waals surface area contributed by atoms with E-state index in [1.54, 1.807) is 7.11 Å². The average molecular weight is 197 g/mol. The van der Waals surface area contributed by atoms with Crippen LogP contribution in [0.25, 0.3) is 0 Å². The Morgan fingerprint density at radius 2 is 2.36 bits per heavy atom. The quantitative estimate of drug-likeness (QED) is 0.782. The summed E-state index contributed by atoms with van der Waals surface area (Å²) in [5.74, 6) is 0.922. The highest BCUT2D eigenvalue weighted by molar-refractivity contribution is 5.28. The summed E-state index contributed by atoms with van der Waals surface area (Å²) in [5, 5.41) is 3.08. The molecule has 0 saturated heterocycles. The maximum Gasteiger partial charge on any atom is 0.203 e. The van der Waals surface area contributed by atoms with E-state index in [1.165, 1.54) is 0 Å². The number of anilines is 1. The molecule has 0 fully saturated rings. The van der Waals surface area contributed by atoms with E-state index < -0.39 is 0 Å². The van der Waals surface area contributed by atoms with Gasteiger partial charge in [0.1, 0.15) is 0 Å². The van der Waals surface area contributed by atoms with E-state index in [1.807, 2.05) is 14.0 Å². The number of aryl methyl sites for hydroxylation is 1. The van der Waals surface area contributed by atoms with E-state index in [2.05, 4.69) is 28.0 Å². The predicted octanol–water partition coefficient (Wildman–Crippen LogP) is 1.83. The minimum atomic E-state index is 0.415. The topological polar surface area (TPSA) is 39.1 Å². The average Bonchev–Trinajstić information content (AvgIpc) is 2.56. The lowest BCUT2D eigenvalue weighted by atomic mass is 10.2. The molecule has 0 spiro atoms. The third-order valence-electron chi connectivity index (χ3n) is 2.29. The Hall–Kier alpha value is -1.03. The molecule has 0 aliphatic heterocycles. The molecule has 0 bridgehead atoms. The summed E-state index contributed by atoms with van der Waals surface area (Å²) < 4.78 is 7.21. The van der Waals surface area contributed by atoms with Gasteiger partial charge in [-0.1, -0.05) is 0 Å². The molecule has 1 N–H and O–H groups in total. The van der Waals surface area contributed by atoms with Crippen molar-refractivity contribution in [3.8, 4) is 0 Å². The highest BCUT2D eigenvalue weighted by Crippen LogP contribution is 2.17. The van der Waals surface area contributed by atoms with E-state index in [4.69, 9.17) is 4.74 Å². The van der Waals surface area contributed by atoms with Gasteiger partial charge in [-0.3, -0.25) is 0 Å². The van der Waals surface area contributed by atoms with Gasteiger partial charge in [0.05, 0.1) is 5.69 Å². The minimum Gasteiger partial charge on any atom is -0.385 e. The van der Waals surface area contributed by atoms with Gasteiger partial charge in [0, 0.05) is 33.0 Å². The summed E-state index contributed by atoms with van der Waals surface area (Å²) in [5.41, 5.74) is 1.04. The number of nitrogens with zero attached hydrogens (tertiary/aromatic N) is 2. The normalized spacial score (nSPS) is 12.9. The molecule has 0 radical (unpaired) electrons. The Kier molecular flexibility index (Phi) is 3.95. The monoisotopic (exact) mass is 197 g/mol. The molecule has 1 unspecified atom stereocenters. The molecular formula is C10H19N3O. The van der Waals surface area contributed by atoms with Crippen LogP contribution in [0.15, 0.2) is 6.20 Å². The molecule has 80 valence electrons. The molecule has 0 amide bonds. The summed E-state index contributed by atoms with van der Waals surface area (Å²) in [7, 11) is 3.62. The van der Waals surface area contributed by atoms with Crippen LogP contribution in [-0.2, 0) is 4.74 Å². The van der Waals surface area contributed by atoms with E-state index in [9.17, 15) is 0 Å². The Morgan fingerprint density at radius 1 is 1.64 bits per heavy atom. The number of hydrogen-bond acceptors (Lipinski definition) is 3. The molecule has 14 heavy (non-hydrogen) atoms. The molecule has 4 heteroatoms. The lowest BCUT2D eigenvalue weighted by molar-refractivity contribution is 0.181. The molecule has 0 saturated carbocycles. The number of nitrogens with one attached hydrogen (secondary N) is 1. The van der Waals surface area contributed by atoms with Crippen LogP contribution in [0.1, 0.15) is 25.1 Å². The number of ether oxygens (including phenoxy) is 1. The lowest BCUT2D eigenvalue weighted by Crippen LogP contribution is -2.10. The Balaban J connectivity index is 2.72. The van der Waals surface area contributed by atoms with Gasteiger partial charge in [-0.05, 0) is 20.3 Å². The zero-order valence-corrected chi connectivity index (χ0v) is 9.37. The van der Waals surface area contributed by atoms with Crippen molar-refractivity contribution in [1.82, 2.24) is 9.55 Å². The first-order chi connectivity index (χ1) is 6.69. The lowest BCUT2D eigenvalue weighted by Gasteiger charge is -2.15. The second-order valence-electron chi connectivity index (χ2n) is 3.49. The molecule has 0 aromatic carbocycles. The fourth-order valence-corrected chi connectivity index (χ4v) is 1.46. The number of aromatic nitrogens is 2. The van der Waals surface area contributed by atoms with E-state index in [0.717, 1.165) is 24.7 Å². The van der Waals surface area contributed by atoms with Crippen LogP contribution in [-0.4, -0.2) is 30.3 Å². The Bertz CT molecular complexity index is 283. The molecule has 4 nitrogen and oxygen atoms in total. The first-order valence-corrected chi connectivity index (χ1v) is 4.91. The van der Waals surface area contributed by atoms with Crippen molar-refractivity contribution in [2.45, 2.75) is 26.3 Å². The Labute approximate surface area is 85.3 Å². The molecule has 1 heterocycles. The predicted molar refractivity (Wildman–Crippen MR) is 57.7 cm³/mol. The van der Waals surface area contributed by atoms with Crippen LogP contribution in [0.5, 0.6) is 0 Å². The van der Waals surface area contributed by atoms with Gasteiger partial charge in [0.25, 0.3) is 0 Å². The van der Waals surface area contributed by atoms with Crippen molar-refractivity contribution in [3.63, 3.8) is 0 Å². The van der Waals surface area contributed by atoms with Gasteiger partial charge in [-0.15, -0.1) is 0 Å². The van der Waals surface area contributed by atoms with Crippen molar-refractivity contribution < 1.29 is 4.74 Å². The smallest absolute Gasteiger partial charge is 0.203 e. The van der Waals surface area contributed by atoms with E-state index in [-0.39, 0.29) is 0 Å². The number of methoxy groups -OCH3 is 1. The molecule has 1 atom stereocenters. The van der Waals surface area contributed by atoms with Gasteiger partial charge in [0.2, 0.25) is 5.95 Å². The molecule has 1 aromatic rings. The van der Waals surface area contributed by atoms with Crippen LogP contribution >= 0.6 is 0 Å². The van der Waals surface area contributed by atoms with Crippen molar-refractivity contribution in [1.29, 1.82) is 0 Å². The molecule has 0 aliphatic carbocycles. The van der Waals surface area contributed by atoms with Gasteiger partial charge in [-0.2, -0.15) is 0 Å². The van der Waals surface area contributed by atoms with Gasteiger partial charge >= 0.3 is 0 Å². The fourth-order valence-electron chi connectivity index (χ4n) is 1.46. The SMILES string of the molecule is CNc1nc(C)cn1C(C)CCOC. The third-order valence-corrected chi connectivity index (χ3v) is 2.29. The third kappa shape index (κ3) is 2.48. The first-order valence-electron chi connectivity index (χ1n) is 4.91. The number of rotatable bonds is 5. The summed E-state index contributed by atoms with van der Waals surface area (Å²) in [6.07, 6.45) is 3.06. The number of imidazole rings is 1. The minimum absolute atomic E-state index is 0.415. The van der Waals surface area contributed by atoms with Gasteiger partial charge < -0.3 is 14.6 Å². The van der Waals surface area contributed by atoms with Crippen LogP contribution in [0.2, 0.25) is 0 Å². The first kappa shape index (κ1) is 11.0. The van der Waals surface area contributed by atoms with Crippen molar-refractivity contribution in [2.24, 2.45) is 0 Å². The highest BCUT2D eigenvalue weighted by atomic mass is 16.5. The molecular weight excluding hydrogens is 178 g/mol. The van der Waals surface area contributed by atoms with Gasteiger partial charge in [0.15, 0.2) is 0 Å². The maximum absolute atomic E-state index is 5.06. The Morgan fingerprint density at radius 3 is 2.93 bits per heavy atom. The van der Waals surface area contributed by atoms with E-state index >= 15 is 0 Å². The highest BCUT2D eigenvalue weighted by Gasteiger charge is 2.09. The summed E-state index contributed by atoms with van der Waals surface area (Å²) in [6.45, 7) is 4.95. The molecule has 0 aliphatic rings. The zero-order chi connectivity index (χ0) is 10.6. The van der Waals surface area contributed by atoms with Crippen LogP contribution in [0, 0.1) is 6.92 Å². The maximum atomic E-state index is 5.06. The zero-order valence-electron chi connectivity index (χ0n) is 9.37. The molecule has 1 aromatic heterocycles. The van der Waals surface area contributed by atoms with Crippen LogP contribution in [0.3, 0.4) is 0 Å². The fraction of sp³-hybridized carbons (Fsp3) is 0.700. The van der Waals surface area contributed by atoms with Crippen LogP contribution in [0.4, 0.5) is 5.95 Å². The van der Waals surface area contributed by atoms with Crippen molar-refractivity contribution in [2.75, 3.05) is 26.1 Å². The number of hydrogen-bond donors (Lipinski definition) is 1. The second-order valence-corrected chi connectivity index (χ2v) is 3.49. The molecule has 1 rings (SSSR count). The standard InChI is InChI=1S/C10H19N3O/c1-8-7-13(10(11-3)12-8)9(2)5-6-14-4/h7,9H,5-6H2,1-4H3,(H,11,12). The van der Waals surface area contributed by atoms with Gasteiger partial charge in [-0.25, -0.2) is 4.98 Å². The van der Waals surface area contributed by atoms with Crippen molar-refractivity contribution >= 4 is 5.95 Å².